The highest BCUT2D eigenvalue weighted by atomic mass is 19.1. The van der Waals surface area contributed by atoms with E-state index in [1.54, 1.807) is 53.6 Å². The fourth-order valence-electron chi connectivity index (χ4n) is 5.20. The van der Waals surface area contributed by atoms with Gasteiger partial charge in [-0.15, -0.1) is 0 Å². The SMILES string of the molecule is NC(=O)c1nn(CC(=O)N2CC(F)CC2C(=O)Nc2ccn(C3CCOC3)n2)c2ccc(-c3ccnnc3)cc12. The standard InChI is InChI=1S/C26H26FN9O4/c27-17-10-21(26(39)31-22-4-7-35(32-22)18-5-8-40-14-18)34(12-17)23(37)13-36-20-2-1-15(16-3-6-29-30-11-16)9-19(20)24(33-36)25(28)38/h1-4,6-7,9,11,17-18,21H,5,8,10,12-14H2,(H2,28,38)(H,31,32,39). The Bertz CT molecular complexity index is 1580. The molecule has 2 aliphatic heterocycles. The molecule has 206 valence electrons. The quantitative estimate of drug-likeness (QED) is 0.350. The van der Waals surface area contributed by atoms with Gasteiger partial charge in [0.15, 0.2) is 11.5 Å². The number of rotatable bonds is 7. The van der Waals surface area contributed by atoms with Gasteiger partial charge in [0.05, 0.1) is 37.1 Å². The van der Waals surface area contributed by atoms with Gasteiger partial charge in [-0.2, -0.15) is 20.4 Å². The zero-order valence-electron chi connectivity index (χ0n) is 21.3. The number of fused-ring (bicyclic) bond motifs is 1. The molecular formula is C26H26FN9O4. The maximum atomic E-state index is 14.5. The molecule has 3 N–H and O–H groups in total. The van der Waals surface area contributed by atoms with Gasteiger partial charge in [-0.25, -0.2) is 4.39 Å². The second kappa shape index (κ2) is 10.4. The molecule has 0 spiro atoms. The molecule has 3 amide bonds. The van der Waals surface area contributed by atoms with Gasteiger partial charge in [0.2, 0.25) is 11.8 Å². The van der Waals surface area contributed by atoms with Crippen LogP contribution in [0.15, 0.2) is 48.9 Å². The molecular weight excluding hydrogens is 521 g/mol. The second-order valence-corrected chi connectivity index (χ2v) is 9.82. The fraction of sp³-hybridized carbons (Fsp3) is 0.346. The first kappa shape index (κ1) is 25.6. The number of nitrogens with two attached hydrogens (primary N) is 1. The number of aromatic nitrogens is 6. The molecule has 0 radical (unpaired) electrons. The maximum Gasteiger partial charge on any atom is 0.269 e. The van der Waals surface area contributed by atoms with Crippen molar-refractivity contribution in [3.8, 4) is 11.1 Å². The maximum absolute atomic E-state index is 14.5. The summed E-state index contributed by atoms with van der Waals surface area (Å²) in [5, 5.41) is 19.5. The Morgan fingerprint density at radius 1 is 1.12 bits per heavy atom. The second-order valence-electron chi connectivity index (χ2n) is 9.82. The van der Waals surface area contributed by atoms with E-state index in [9.17, 15) is 18.8 Å². The van der Waals surface area contributed by atoms with E-state index in [1.165, 1.54) is 9.58 Å². The number of anilines is 1. The van der Waals surface area contributed by atoms with Crippen molar-refractivity contribution in [3.63, 3.8) is 0 Å². The largest absolute Gasteiger partial charge is 0.379 e. The van der Waals surface area contributed by atoms with Crippen molar-refractivity contribution in [2.24, 2.45) is 5.73 Å². The number of ether oxygens (including phenoxy) is 1. The molecule has 4 aromatic rings. The van der Waals surface area contributed by atoms with Crippen LogP contribution in [0, 0.1) is 0 Å². The summed E-state index contributed by atoms with van der Waals surface area (Å²) in [6, 6.07) is 7.75. The van der Waals surface area contributed by atoms with Crippen molar-refractivity contribution in [2.45, 2.75) is 37.6 Å². The fourth-order valence-corrected chi connectivity index (χ4v) is 5.20. The number of nitrogens with one attached hydrogen (secondary N) is 1. The van der Waals surface area contributed by atoms with Gasteiger partial charge in [-0.1, -0.05) is 6.07 Å². The minimum Gasteiger partial charge on any atom is -0.379 e. The Morgan fingerprint density at radius 3 is 2.75 bits per heavy atom. The van der Waals surface area contributed by atoms with Gasteiger partial charge < -0.3 is 20.7 Å². The minimum atomic E-state index is -1.36. The number of amides is 3. The van der Waals surface area contributed by atoms with Crippen LogP contribution in [-0.4, -0.2) is 84.4 Å². The zero-order valence-corrected chi connectivity index (χ0v) is 21.3. The van der Waals surface area contributed by atoms with Crippen LogP contribution >= 0.6 is 0 Å². The summed E-state index contributed by atoms with van der Waals surface area (Å²) in [6.07, 6.45) is 4.21. The highest BCUT2D eigenvalue weighted by molar-refractivity contribution is 6.05. The normalized spacial score (nSPS) is 20.7. The Balaban J connectivity index is 1.21. The Morgan fingerprint density at radius 2 is 2.00 bits per heavy atom. The molecule has 2 saturated heterocycles. The van der Waals surface area contributed by atoms with Crippen LogP contribution in [0.2, 0.25) is 0 Å². The predicted molar refractivity (Wildman–Crippen MR) is 140 cm³/mol. The van der Waals surface area contributed by atoms with Crippen LogP contribution in [0.4, 0.5) is 10.2 Å². The lowest BCUT2D eigenvalue weighted by Gasteiger charge is -2.23. The lowest BCUT2D eigenvalue weighted by Crippen LogP contribution is -2.44. The number of primary amides is 1. The van der Waals surface area contributed by atoms with Gasteiger partial charge in [0.25, 0.3) is 5.91 Å². The van der Waals surface area contributed by atoms with E-state index in [4.69, 9.17) is 10.5 Å². The van der Waals surface area contributed by atoms with E-state index in [0.717, 1.165) is 17.5 Å². The highest BCUT2D eigenvalue weighted by Crippen LogP contribution is 2.28. The smallest absolute Gasteiger partial charge is 0.269 e. The van der Waals surface area contributed by atoms with Crippen LogP contribution in [0.25, 0.3) is 22.0 Å². The average Bonchev–Trinajstić information content (AvgIpc) is 3.75. The number of hydrogen-bond donors (Lipinski definition) is 2. The van der Waals surface area contributed by atoms with Crippen LogP contribution in [0.5, 0.6) is 0 Å². The molecule has 0 aliphatic carbocycles. The topological polar surface area (TPSA) is 163 Å². The van der Waals surface area contributed by atoms with Crippen molar-refractivity contribution >= 4 is 34.4 Å². The van der Waals surface area contributed by atoms with Crippen molar-refractivity contribution in [1.82, 2.24) is 34.7 Å². The zero-order chi connectivity index (χ0) is 27.8. The summed E-state index contributed by atoms with van der Waals surface area (Å²) < 4.78 is 23.0. The summed E-state index contributed by atoms with van der Waals surface area (Å²) in [5.74, 6) is -1.49. The third-order valence-electron chi connectivity index (χ3n) is 7.20. The molecule has 3 atom stereocenters. The summed E-state index contributed by atoms with van der Waals surface area (Å²) >= 11 is 0. The van der Waals surface area contributed by atoms with E-state index < -0.39 is 29.9 Å². The molecule has 3 unspecified atom stereocenters. The summed E-state index contributed by atoms with van der Waals surface area (Å²) in [4.78, 5) is 39.8. The third-order valence-corrected chi connectivity index (χ3v) is 7.20. The number of alkyl halides is 1. The number of nitrogens with zero attached hydrogens (tertiary/aromatic N) is 7. The number of carbonyl (C=O) groups excluding carboxylic acids is 3. The Hall–Kier alpha value is -4.72. The summed E-state index contributed by atoms with van der Waals surface area (Å²) in [7, 11) is 0. The van der Waals surface area contributed by atoms with Crippen molar-refractivity contribution < 1.29 is 23.5 Å². The van der Waals surface area contributed by atoms with Gasteiger partial charge in [0.1, 0.15) is 18.8 Å². The van der Waals surface area contributed by atoms with E-state index in [2.05, 4.69) is 25.7 Å². The monoisotopic (exact) mass is 547 g/mol. The van der Waals surface area contributed by atoms with Crippen molar-refractivity contribution in [2.75, 3.05) is 25.1 Å². The number of hydrogen-bond acceptors (Lipinski definition) is 8. The number of carbonyl (C=O) groups is 3. The number of likely N-dealkylation sites (tertiary alicyclic amines) is 1. The molecule has 6 rings (SSSR count). The molecule has 40 heavy (non-hydrogen) atoms. The van der Waals surface area contributed by atoms with Crippen LogP contribution < -0.4 is 11.1 Å². The van der Waals surface area contributed by atoms with Crippen LogP contribution in [-0.2, 0) is 20.9 Å². The first-order chi connectivity index (χ1) is 19.4. The van der Waals surface area contributed by atoms with Crippen molar-refractivity contribution in [3.05, 3.63) is 54.6 Å². The highest BCUT2D eigenvalue weighted by Gasteiger charge is 2.40. The molecule has 3 aromatic heterocycles. The molecule has 1 aromatic carbocycles. The average molecular weight is 548 g/mol. The first-order valence-corrected chi connectivity index (χ1v) is 12.8. The van der Waals surface area contributed by atoms with E-state index in [1.807, 2.05) is 0 Å². The minimum absolute atomic E-state index is 0.00556. The van der Waals surface area contributed by atoms with Gasteiger partial charge in [-0.05, 0) is 30.2 Å². The Kier molecular flexibility index (Phi) is 6.67. The summed E-state index contributed by atoms with van der Waals surface area (Å²) in [5.41, 5.74) is 7.60. The number of halogens is 1. The molecule has 14 heteroatoms. The van der Waals surface area contributed by atoms with Crippen molar-refractivity contribution in [1.29, 1.82) is 0 Å². The third kappa shape index (κ3) is 4.88. The molecule has 2 fully saturated rings. The molecule has 2 aliphatic rings. The van der Waals surface area contributed by atoms with Crippen LogP contribution in [0.3, 0.4) is 0 Å². The molecule has 0 saturated carbocycles. The van der Waals surface area contributed by atoms with Gasteiger partial charge in [0, 0.05) is 36.2 Å². The van der Waals surface area contributed by atoms with Gasteiger partial charge in [-0.3, -0.25) is 23.7 Å². The first-order valence-electron chi connectivity index (χ1n) is 12.8. The van der Waals surface area contributed by atoms with E-state index >= 15 is 0 Å². The lowest BCUT2D eigenvalue weighted by atomic mass is 10.0. The molecule has 5 heterocycles. The predicted octanol–water partition coefficient (Wildman–Crippen LogP) is 1.33. The lowest BCUT2D eigenvalue weighted by molar-refractivity contribution is -0.137. The van der Waals surface area contributed by atoms with Gasteiger partial charge >= 0.3 is 0 Å². The van der Waals surface area contributed by atoms with Crippen LogP contribution in [0.1, 0.15) is 29.4 Å². The number of benzene rings is 1. The summed E-state index contributed by atoms with van der Waals surface area (Å²) in [6.45, 7) is 0.656. The Labute approximate surface area is 227 Å². The molecule has 0 bridgehead atoms. The molecule has 13 nitrogen and oxygen atoms in total. The van der Waals surface area contributed by atoms with E-state index in [0.29, 0.717) is 29.9 Å². The van der Waals surface area contributed by atoms with E-state index in [-0.39, 0.29) is 31.2 Å².